The lowest BCUT2D eigenvalue weighted by molar-refractivity contribution is 0.383. The first-order chi connectivity index (χ1) is 9.79. The van der Waals surface area contributed by atoms with Gasteiger partial charge in [-0.1, -0.05) is 18.2 Å². The molecule has 1 aliphatic heterocycles. The Balaban J connectivity index is 1.98. The van der Waals surface area contributed by atoms with Crippen molar-refractivity contribution in [1.29, 1.82) is 0 Å². The highest BCUT2D eigenvalue weighted by Crippen LogP contribution is 2.38. The lowest BCUT2D eigenvalue weighted by atomic mass is 10.0. The summed E-state index contributed by atoms with van der Waals surface area (Å²) in [6.45, 7) is 2.02. The minimum atomic E-state index is -0.603. The zero-order valence-corrected chi connectivity index (χ0v) is 10.9. The molecule has 3 aromatic rings. The van der Waals surface area contributed by atoms with Crippen LogP contribution in [0.25, 0.3) is 11.4 Å². The number of aromatic nitrogens is 5. The standard InChI is InChI=1S/C14H12N6/c1-14(12-8-4-5-9-15-12)16-11-7-3-2-6-10(11)13-17-18-19-20(13)14/h2-9,16H,1H3. The number of benzene rings is 1. The summed E-state index contributed by atoms with van der Waals surface area (Å²) < 4.78 is 1.78. The number of pyridine rings is 1. The van der Waals surface area contributed by atoms with Gasteiger partial charge in [-0.2, -0.15) is 4.68 Å². The van der Waals surface area contributed by atoms with E-state index in [1.54, 1.807) is 10.9 Å². The summed E-state index contributed by atoms with van der Waals surface area (Å²) in [5, 5.41) is 15.6. The molecule has 1 N–H and O–H groups in total. The van der Waals surface area contributed by atoms with Crippen molar-refractivity contribution >= 4 is 5.69 Å². The number of nitrogens with one attached hydrogen (secondary N) is 1. The number of hydrogen-bond donors (Lipinski definition) is 1. The van der Waals surface area contributed by atoms with E-state index in [1.165, 1.54) is 0 Å². The third kappa shape index (κ3) is 1.38. The van der Waals surface area contributed by atoms with Crippen LogP contribution in [0.4, 0.5) is 5.69 Å². The van der Waals surface area contributed by atoms with Gasteiger partial charge in [-0.15, -0.1) is 5.10 Å². The molecular formula is C14H12N6. The first-order valence-corrected chi connectivity index (χ1v) is 6.37. The minimum Gasteiger partial charge on any atom is -0.356 e. The Hall–Kier alpha value is -2.76. The van der Waals surface area contributed by atoms with Crippen molar-refractivity contribution < 1.29 is 0 Å². The number of fused-ring (bicyclic) bond motifs is 3. The summed E-state index contributed by atoms with van der Waals surface area (Å²) in [5.41, 5.74) is 2.26. The Morgan fingerprint density at radius 1 is 1.10 bits per heavy atom. The molecule has 0 aliphatic carbocycles. The molecule has 0 spiro atoms. The van der Waals surface area contributed by atoms with Crippen molar-refractivity contribution in [3.8, 4) is 11.4 Å². The summed E-state index contributed by atoms with van der Waals surface area (Å²) in [4.78, 5) is 4.45. The van der Waals surface area contributed by atoms with E-state index in [-0.39, 0.29) is 0 Å². The van der Waals surface area contributed by atoms with Crippen molar-refractivity contribution in [3.63, 3.8) is 0 Å². The summed E-state index contributed by atoms with van der Waals surface area (Å²) >= 11 is 0. The van der Waals surface area contributed by atoms with Crippen LogP contribution in [0.15, 0.2) is 48.7 Å². The Labute approximate surface area is 115 Å². The zero-order valence-electron chi connectivity index (χ0n) is 10.9. The van der Waals surface area contributed by atoms with E-state index < -0.39 is 5.66 Å². The fourth-order valence-corrected chi connectivity index (χ4v) is 2.58. The second kappa shape index (κ2) is 3.86. The van der Waals surface area contributed by atoms with E-state index in [1.807, 2.05) is 49.4 Å². The fraction of sp³-hybridized carbons (Fsp3) is 0.143. The molecule has 1 unspecified atom stereocenters. The minimum absolute atomic E-state index is 0.603. The normalized spacial score (nSPS) is 19.9. The molecule has 98 valence electrons. The number of rotatable bonds is 1. The highest BCUT2D eigenvalue weighted by atomic mass is 15.6. The third-order valence-electron chi connectivity index (χ3n) is 3.60. The number of para-hydroxylation sites is 1. The largest absolute Gasteiger partial charge is 0.356 e. The predicted molar refractivity (Wildman–Crippen MR) is 73.9 cm³/mol. The molecule has 0 saturated carbocycles. The molecule has 1 aromatic carbocycles. The number of nitrogens with zero attached hydrogens (tertiary/aromatic N) is 5. The van der Waals surface area contributed by atoms with Gasteiger partial charge in [0.1, 0.15) is 0 Å². The lowest BCUT2D eigenvalue weighted by Crippen LogP contribution is -2.44. The number of anilines is 1. The Morgan fingerprint density at radius 2 is 1.95 bits per heavy atom. The second-order valence-electron chi connectivity index (χ2n) is 4.87. The van der Waals surface area contributed by atoms with Crippen molar-refractivity contribution in [2.75, 3.05) is 5.32 Å². The monoisotopic (exact) mass is 264 g/mol. The van der Waals surface area contributed by atoms with Gasteiger partial charge < -0.3 is 5.32 Å². The molecule has 3 heterocycles. The molecule has 1 aliphatic rings. The second-order valence-corrected chi connectivity index (χ2v) is 4.87. The lowest BCUT2D eigenvalue weighted by Gasteiger charge is -2.36. The van der Waals surface area contributed by atoms with Crippen molar-refractivity contribution in [2.45, 2.75) is 12.6 Å². The van der Waals surface area contributed by atoms with Gasteiger partial charge in [0.05, 0.1) is 5.69 Å². The summed E-state index contributed by atoms with van der Waals surface area (Å²) in [7, 11) is 0. The summed E-state index contributed by atoms with van der Waals surface area (Å²) in [6.07, 6.45) is 1.77. The van der Waals surface area contributed by atoms with E-state index in [0.29, 0.717) is 0 Å². The van der Waals surface area contributed by atoms with Crippen LogP contribution in [0.2, 0.25) is 0 Å². The highest BCUT2D eigenvalue weighted by Gasteiger charge is 2.38. The van der Waals surface area contributed by atoms with Crippen molar-refractivity contribution in [1.82, 2.24) is 25.2 Å². The van der Waals surface area contributed by atoms with E-state index >= 15 is 0 Å². The molecule has 4 rings (SSSR count). The van der Waals surface area contributed by atoms with E-state index in [0.717, 1.165) is 22.8 Å². The van der Waals surface area contributed by atoms with E-state index in [2.05, 4.69) is 25.8 Å². The maximum Gasteiger partial charge on any atom is 0.186 e. The number of hydrogen-bond acceptors (Lipinski definition) is 5. The SMILES string of the molecule is CC1(c2ccccn2)Nc2ccccc2-c2nnnn21. The molecule has 0 radical (unpaired) electrons. The fourth-order valence-electron chi connectivity index (χ4n) is 2.58. The molecule has 2 aromatic heterocycles. The molecule has 6 heteroatoms. The molecule has 0 saturated heterocycles. The van der Waals surface area contributed by atoms with Gasteiger partial charge in [0.15, 0.2) is 11.5 Å². The van der Waals surface area contributed by atoms with Gasteiger partial charge in [-0.25, -0.2) is 0 Å². The molecule has 0 fully saturated rings. The van der Waals surface area contributed by atoms with Gasteiger partial charge in [0.2, 0.25) is 0 Å². The van der Waals surface area contributed by atoms with Crippen LogP contribution in [0.1, 0.15) is 12.6 Å². The maximum absolute atomic E-state index is 4.45. The molecular weight excluding hydrogens is 252 g/mol. The van der Waals surface area contributed by atoms with Gasteiger partial charge in [0, 0.05) is 17.4 Å². The van der Waals surface area contributed by atoms with Crippen LogP contribution in [0.3, 0.4) is 0 Å². The van der Waals surface area contributed by atoms with Crippen LogP contribution in [-0.2, 0) is 5.66 Å². The van der Waals surface area contributed by atoms with Crippen molar-refractivity contribution in [2.24, 2.45) is 0 Å². The Bertz CT molecular complexity index is 766. The van der Waals surface area contributed by atoms with Gasteiger partial charge in [-0.05, 0) is 41.6 Å². The first kappa shape index (κ1) is 11.1. The van der Waals surface area contributed by atoms with Gasteiger partial charge >= 0.3 is 0 Å². The van der Waals surface area contributed by atoms with Crippen molar-refractivity contribution in [3.05, 3.63) is 54.4 Å². The van der Waals surface area contributed by atoms with Gasteiger partial charge in [0.25, 0.3) is 0 Å². The average Bonchev–Trinajstić information content (AvgIpc) is 2.99. The summed E-state index contributed by atoms with van der Waals surface area (Å²) in [6, 6.07) is 13.8. The topological polar surface area (TPSA) is 68.5 Å². The van der Waals surface area contributed by atoms with Crippen LogP contribution >= 0.6 is 0 Å². The van der Waals surface area contributed by atoms with Crippen LogP contribution < -0.4 is 5.32 Å². The van der Waals surface area contributed by atoms with Crippen LogP contribution in [-0.4, -0.2) is 25.2 Å². The van der Waals surface area contributed by atoms with E-state index in [4.69, 9.17) is 0 Å². The van der Waals surface area contributed by atoms with E-state index in [9.17, 15) is 0 Å². The molecule has 20 heavy (non-hydrogen) atoms. The molecule has 1 atom stereocenters. The average molecular weight is 264 g/mol. The maximum atomic E-state index is 4.45. The van der Waals surface area contributed by atoms with Crippen LogP contribution in [0.5, 0.6) is 0 Å². The first-order valence-electron chi connectivity index (χ1n) is 6.37. The predicted octanol–water partition coefficient (Wildman–Crippen LogP) is 1.88. The molecule has 6 nitrogen and oxygen atoms in total. The molecule has 0 bridgehead atoms. The highest BCUT2D eigenvalue weighted by molar-refractivity contribution is 5.76. The molecule has 0 amide bonds. The Kier molecular flexibility index (Phi) is 2.14. The number of tetrazole rings is 1. The smallest absolute Gasteiger partial charge is 0.186 e. The third-order valence-corrected chi connectivity index (χ3v) is 3.60. The zero-order chi connectivity index (χ0) is 13.6. The summed E-state index contributed by atoms with van der Waals surface area (Å²) in [5.74, 6) is 0.743. The van der Waals surface area contributed by atoms with Gasteiger partial charge in [-0.3, -0.25) is 4.98 Å². The quantitative estimate of drug-likeness (QED) is 0.726. The van der Waals surface area contributed by atoms with Crippen LogP contribution in [0, 0.1) is 0 Å². The Morgan fingerprint density at radius 3 is 2.80 bits per heavy atom.